The molecule has 2 fully saturated rings. The van der Waals surface area contributed by atoms with E-state index in [0.29, 0.717) is 17.3 Å². The Balaban J connectivity index is 1.55. The largest absolute Gasteiger partial charge is 0.371 e. The fourth-order valence-corrected chi connectivity index (χ4v) is 5.93. The smallest absolute Gasteiger partial charge is 0.257 e. The molecule has 8 heteroatoms. The third-order valence-corrected chi connectivity index (χ3v) is 9.04. The first kappa shape index (κ1) is 25.7. The molecule has 0 saturated carbocycles. The van der Waals surface area contributed by atoms with Crippen LogP contribution in [0.1, 0.15) is 61.4 Å². The van der Waals surface area contributed by atoms with Crippen molar-refractivity contribution >= 4 is 27.3 Å². The average molecular weight is 499 g/mol. The molecule has 0 radical (unpaired) electrons. The number of sulfonamides is 1. The van der Waals surface area contributed by atoms with Crippen LogP contribution in [0.4, 0.5) is 11.4 Å². The molecule has 7 nitrogen and oxygen atoms in total. The van der Waals surface area contributed by atoms with E-state index in [1.165, 1.54) is 55.7 Å². The number of hydrogen-bond acceptors (Lipinski definition) is 5. The van der Waals surface area contributed by atoms with E-state index in [1.807, 2.05) is 12.1 Å². The van der Waals surface area contributed by atoms with Gasteiger partial charge < -0.3 is 10.2 Å². The van der Waals surface area contributed by atoms with Crippen molar-refractivity contribution in [3.63, 3.8) is 0 Å². The monoisotopic (exact) mass is 498 g/mol. The lowest BCUT2D eigenvalue weighted by molar-refractivity contribution is 0.102. The zero-order chi connectivity index (χ0) is 25.0. The van der Waals surface area contributed by atoms with E-state index in [0.717, 1.165) is 44.7 Å². The van der Waals surface area contributed by atoms with Crippen LogP contribution in [0.3, 0.4) is 0 Å². The van der Waals surface area contributed by atoms with Crippen LogP contribution < -0.4 is 10.2 Å². The summed E-state index contributed by atoms with van der Waals surface area (Å²) >= 11 is 0. The van der Waals surface area contributed by atoms with Crippen LogP contribution in [-0.2, 0) is 16.6 Å². The van der Waals surface area contributed by atoms with Crippen molar-refractivity contribution in [3.05, 3.63) is 53.6 Å². The van der Waals surface area contributed by atoms with Gasteiger partial charge in [0.05, 0.1) is 10.5 Å². The molecule has 2 heterocycles. The Labute approximate surface area is 210 Å². The molecule has 190 valence electrons. The molecule has 0 aromatic heterocycles. The summed E-state index contributed by atoms with van der Waals surface area (Å²) in [5.41, 5.74) is 3.11. The van der Waals surface area contributed by atoms with Gasteiger partial charge in [-0.05, 0) is 81.5 Å². The van der Waals surface area contributed by atoms with Gasteiger partial charge in [-0.15, -0.1) is 0 Å². The molecule has 0 bridgehead atoms. The predicted octanol–water partition coefficient (Wildman–Crippen LogP) is 4.55. The van der Waals surface area contributed by atoms with E-state index in [-0.39, 0.29) is 10.8 Å². The van der Waals surface area contributed by atoms with Crippen LogP contribution in [0.25, 0.3) is 0 Å². The van der Waals surface area contributed by atoms with Crippen LogP contribution in [0.15, 0.2) is 47.4 Å². The second kappa shape index (κ2) is 11.1. The maximum atomic E-state index is 13.4. The number of likely N-dealkylation sites (tertiary alicyclic amines) is 1. The van der Waals surface area contributed by atoms with Crippen LogP contribution >= 0.6 is 0 Å². The third kappa shape index (κ3) is 6.05. The maximum Gasteiger partial charge on any atom is 0.257 e. The average Bonchev–Trinajstić information content (AvgIpc) is 2.86. The number of piperidine rings is 2. The number of benzene rings is 2. The summed E-state index contributed by atoms with van der Waals surface area (Å²) in [5.74, 6) is -0.293. The van der Waals surface area contributed by atoms with Gasteiger partial charge in [0, 0.05) is 51.1 Å². The Morgan fingerprint density at radius 3 is 2.31 bits per heavy atom. The molecule has 2 aromatic rings. The minimum Gasteiger partial charge on any atom is -0.371 e. The number of nitrogens with zero attached hydrogens (tertiary/aromatic N) is 3. The van der Waals surface area contributed by atoms with E-state index >= 15 is 0 Å². The van der Waals surface area contributed by atoms with Gasteiger partial charge in [-0.25, -0.2) is 12.7 Å². The first-order chi connectivity index (χ1) is 16.8. The van der Waals surface area contributed by atoms with Gasteiger partial charge in [0.1, 0.15) is 0 Å². The molecule has 0 aliphatic carbocycles. The summed E-state index contributed by atoms with van der Waals surface area (Å²) in [6.45, 7) is 6.07. The standard InChI is InChI=1S/C27H38N4O3S/c1-21-9-5-8-18-31(21)20-22-10-12-23(13-11-22)28-27(32)25-19-24(35(33,34)29(2)3)14-15-26(25)30-16-6-4-7-17-30/h10-15,19,21H,4-9,16-18,20H2,1-3H3,(H,28,32). The van der Waals surface area contributed by atoms with Gasteiger partial charge in [0.2, 0.25) is 10.0 Å². The topological polar surface area (TPSA) is 73.0 Å². The molecular formula is C27H38N4O3S. The maximum absolute atomic E-state index is 13.4. The minimum absolute atomic E-state index is 0.124. The number of carbonyl (C=O) groups is 1. The van der Waals surface area contributed by atoms with Crippen LogP contribution in [-0.4, -0.2) is 63.3 Å². The van der Waals surface area contributed by atoms with Crippen molar-refractivity contribution in [2.24, 2.45) is 0 Å². The number of nitrogens with one attached hydrogen (secondary N) is 1. The molecule has 2 aliphatic rings. The molecule has 2 aliphatic heterocycles. The van der Waals surface area contributed by atoms with Crippen molar-refractivity contribution in [2.75, 3.05) is 43.9 Å². The lowest BCUT2D eigenvalue weighted by Gasteiger charge is -2.33. The van der Waals surface area contributed by atoms with E-state index in [9.17, 15) is 13.2 Å². The van der Waals surface area contributed by atoms with Gasteiger partial charge in [-0.3, -0.25) is 9.69 Å². The zero-order valence-corrected chi connectivity index (χ0v) is 22.0. The van der Waals surface area contributed by atoms with Crippen LogP contribution in [0, 0.1) is 0 Å². The van der Waals surface area contributed by atoms with Crippen molar-refractivity contribution in [1.82, 2.24) is 9.21 Å². The summed E-state index contributed by atoms with van der Waals surface area (Å²) in [6.07, 6.45) is 7.11. The predicted molar refractivity (Wildman–Crippen MR) is 141 cm³/mol. The Bertz CT molecular complexity index is 1130. The highest BCUT2D eigenvalue weighted by molar-refractivity contribution is 7.89. The number of hydrogen-bond donors (Lipinski definition) is 1. The van der Waals surface area contributed by atoms with Gasteiger partial charge >= 0.3 is 0 Å². The molecular weight excluding hydrogens is 460 g/mol. The Morgan fingerprint density at radius 2 is 1.66 bits per heavy atom. The van der Waals surface area contributed by atoms with Crippen LogP contribution in [0.5, 0.6) is 0 Å². The lowest BCUT2D eigenvalue weighted by Crippen LogP contribution is -2.36. The highest BCUT2D eigenvalue weighted by Crippen LogP contribution is 2.29. The third-order valence-electron chi connectivity index (χ3n) is 7.23. The molecule has 4 rings (SSSR count). The number of rotatable bonds is 7. The first-order valence-electron chi connectivity index (χ1n) is 12.7. The molecule has 1 unspecified atom stereocenters. The summed E-state index contributed by atoms with van der Waals surface area (Å²) < 4.78 is 26.7. The molecule has 1 N–H and O–H groups in total. The number of amides is 1. The number of carbonyl (C=O) groups excluding carboxylic acids is 1. The van der Waals surface area contributed by atoms with Crippen molar-refractivity contribution < 1.29 is 13.2 Å². The summed E-state index contributed by atoms with van der Waals surface area (Å²) in [6, 6.07) is 13.5. The fraction of sp³-hybridized carbons (Fsp3) is 0.519. The molecule has 1 atom stereocenters. The van der Waals surface area contributed by atoms with Crippen molar-refractivity contribution in [2.45, 2.75) is 62.9 Å². The molecule has 0 spiro atoms. The summed E-state index contributed by atoms with van der Waals surface area (Å²) in [5, 5.41) is 3.00. The van der Waals surface area contributed by atoms with Gasteiger partial charge in [0.25, 0.3) is 5.91 Å². The second-order valence-electron chi connectivity index (χ2n) is 9.98. The van der Waals surface area contributed by atoms with Crippen LogP contribution in [0.2, 0.25) is 0 Å². The van der Waals surface area contributed by atoms with Crippen molar-refractivity contribution in [1.29, 1.82) is 0 Å². The molecule has 35 heavy (non-hydrogen) atoms. The van der Waals surface area contributed by atoms with E-state index in [4.69, 9.17) is 0 Å². The Kier molecular flexibility index (Phi) is 8.14. The number of anilines is 2. The zero-order valence-electron chi connectivity index (χ0n) is 21.2. The SMILES string of the molecule is CC1CCCCN1Cc1ccc(NC(=O)c2cc(S(=O)(=O)N(C)C)ccc2N2CCCCC2)cc1. The summed E-state index contributed by atoms with van der Waals surface area (Å²) in [4.78, 5) is 18.2. The Hall–Kier alpha value is -2.42. The van der Waals surface area contributed by atoms with E-state index < -0.39 is 10.0 Å². The molecule has 2 aromatic carbocycles. The first-order valence-corrected chi connectivity index (χ1v) is 14.2. The highest BCUT2D eigenvalue weighted by atomic mass is 32.2. The molecule has 2 saturated heterocycles. The minimum atomic E-state index is -3.65. The molecule has 1 amide bonds. The van der Waals surface area contributed by atoms with Crippen molar-refractivity contribution in [3.8, 4) is 0 Å². The quantitative estimate of drug-likeness (QED) is 0.606. The van der Waals surface area contributed by atoms with Gasteiger partial charge in [0.15, 0.2) is 0 Å². The van der Waals surface area contributed by atoms with Gasteiger partial charge in [-0.1, -0.05) is 18.6 Å². The van der Waals surface area contributed by atoms with E-state index in [1.54, 1.807) is 12.1 Å². The summed E-state index contributed by atoms with van der Waals surface area (Å²) in [7, 11) is -0.648. The van der Waals surface area contributed by atoms with Gasteiger partial charge in [-0.2, -0.15) is 0 Å². The normalized spacial score (nSPS) is 19.7. The van der Waals surface area contributed by atoms with E-state index in [2.05, 4.69) is 34.2 Å². The second-order valence-corrected chi connectivity index (χ2v) is 12.1. The fourth-order valence-electron chi connectivity index (χ4n) is 5.00. The highest BCUT2D eigenvalue weighted by Gasteiger charge is 2.24. The Morgan fingerprint density at radius 1 is 0.971 bits per heavy atom. The lowest BCUT2D eigenvalue weighted by atomic mass is 10.0.